The summed E-state index contributed by atoms with van der Waals surface area (Å²) in [6, 6.07) is 8.15. The van der Waals surface area contributed by atoms with Gasteiger partial charge in [-0.1, -0.05) is 18.2 Å². The maximum atomic E-state index is 13.8. The quantitative estimate of drug-likeness (QED) is 0.871. The number of hydrogen-bond acceptors (Lipinski definition) is 2. The SMILES string of the molecule is Cc1ccc(C)c(S(=O)(=O)N(C)c2c(F)cccc2F)c1. The van der Waals surface area contributed by atoms with E-state index in [1.54, 1.807) is 26.0 Å². The van der Waals surface area contributed by atoms with Gasteiger partial charge in [-0.25, -0.2) is 17.2 Å². The van der Waals surface area contributed by atoms with Crippen LogP contribution >= 0.6 is 0 Å². The van der Waals surface area contributed by atoms with Gasteiger partial charge in [0.2, 0.25) is 0 Å². The minimum Gasteiger partial charge on any atom is -0.263 e. The van der Waals surface area contributed by atoms with Gasteiger partial charge >= 0.3 is 0 Å². The van der Waals surface area contributed by atoms with E-state index in [0.717, 1.165) is 24.7 Å². The van der Waals surface area contributed by atoms with Crippen molar-refractivity contribution in [3.05, 3.63) is 59.2 Å². The number of hydrogen-bond donors (Lipinski definition) is 0. The third-order valence-electron chi connectivity index (χ3n) is 3.23. The van der Waals surface area contributed by atoms with Gasteiger partial charge in [-0.15, -0.1) is 0 Å². The van der Waals surface area contributed by atoms with Crippen molar-refractivity contribution in [3.8, 4) is 0 Å². The molecule has 2 aromatic carbocycles. The highest BCUT2D eigenvalue weighted by Crippen LogP contribution is 2.29. The van der Waals surface area contributed by atoms with E-state index in [1.807, 2.05) is 0 Å². The molecule has 2 aromatic rings. The Morgan fingerprint density at radius 1 is 1.00 bits per heavy atom. The van der Waals surface area contributed by atoms with Crippen molar-refractivity contribution in [2.24, 2.45) is 0 Å². The fraction of sp³-hybridized carbons (Fsp3) is 0.200. The first-order chi connectivity index (χ1) is 9.75. The Morgan fingerprint density at radius 2 is 1.57 bits per heavy atom. The average molecular weight is 311 g/mol. The van der Waals surface area contributed by atoms with Gasteiger partial charge in [0.05, 0.1) is 4.90 Å². The normalized spacial score (nSPS) is 11.5. The number of nitrogens with zero attached hydrogens (tertiary/aromatic N) is 1. The van der Waals surface area contributed by atoms with Crippen LogP contribution in [0, 0.1) is 25.5 Å². The Labute approximate surface area is 122 Å². The lowest BCUT2D eigenvalue weighted by Crippen LogP contribution is -2.29. The molecule has 0 saturated heterocycles. The van der Waals surface area contributed by atoms with E-state index in [1.165, 1.54) is 12.1 Å². The first kappa shape index (κ1) is 15.4. The minimum atomic E-state index is -4.04. The van der Waals surface area contributed by atoms with Crippen LogP contribution in [0.1, 0.15) is 11.1 Å². The van der Waals surface area contributed by atoms with Gasteiger partial charge in [-0.05, 0) is 43.2 Å². The third-order valence-corrected chi connectivity index (χ3v) is 5.13. The maximum Gasteiger partial charge on any atom is 0.264 e. The second-order valence-corrected chi connectivity index (χ2v) is 6.75. The zero-order valence-corrected chi connectivity index (χ0v) is 12.7. The molecule has 0 aromatic heterocycles. The van der Waals surface area contributed by atoms with Crippen molar-refractivity contribution < 1.29 is 17.2 Å². The van der Waals surface area contributed by atoms with E-state index >= 15 is 0 Å². The van der Waals surface area contributed by atoms with Crippen LogP contribution in [0.25, 0.3) is 0 Å². The predicted octanol–water partition coefficient (Wildman–Crippen LogP) is 3.41. The van der Waals surface area contributed by atoms with Crippen LogP contribution in [-0.2, 0) is 10.0 Å². The molecular weight excluding hydrogens is 296 g/mol. The Hall–Kier alpha value is -1.95. The number of benzene rings is 2. The predicted molar refractivity (Wildman–Crippen MR) is 77.9 cm³/mol. The van der Waals surface area contributed by atoms with Crippen LogP contribution in [0.4, 0.5) is 14.5 Å². The summed E-state index contributed by atoms with van der Waals surface area (Å²) in [6.45, 7) is 3.39. The van der Waals surface area contributed by atoms with Crippen LogP contribution in [0.2, 0.25) is 0 Å². The van der Waals surface area contributed by atoms with Crippen LogP contribution in [0.15, 0.2) is 41.3 Å². The zero-order chi connectivity index (χ0) is 15.8. The van der Waals surface area contributed by atoms with Crippen molar-refractivity contribution in [1.29, 1.82) is 0 Å². The summed E-state index contributed by atoms with van der Waals surface area (Å²) >= 11 is 0. The highest BCUT2D eigenvalue weighted by molar-refractivity contribution is 7.92. The smallest absolute Gasteiger partial charge is 0.263 e. The molecule has 3 nitrogen and oxygen atoms in total. The van der Waals surface area contributed by atoms with Crippen molar-refractivity contribution in [1.82, 2.24) is 0 Å². The summed E-state index contributed by atoms with van der Waals surface area (Å²) in [5.41, 5.74) is 0.684. The number of aryl methyl sites for hydroxylation is 2. The molecule has 0 aliphatic carbocycles. The molecule has 0 heterocycles. The number of para-hydroxylation sites is 1. The minimum absolute atomic E-state index is 0.0349. The summed E-state index contributed by atoms with van der Waals surface area (Å²) in [7, 11) is -2.90. The zero-order valence-electron chi connectivity index (χ0n) is 11.9. The van der Waals surface area contributed by atoms with Gasteiger partial charge < -0.3 is 0 Å². The fourth-order valence-electron chi connectivity index (χ4n) is 2.04. The number of sulfonamides is 1. The molecule has 2 rings (SSSR count). The highest BCUT2D eigenvalue weighted by Gasteiger charge is 2.27. The van der Waals surface area contributed by atoms with Crippen LogP contribution < -0.4 is 4.31 Å². The average Bonchev–Trinajstić information content (AvgIpc) is 2.41. The highest BCUT2D eigenvalue weighted by atomic mass is 32.2. The Balaban J connectivity index is 2.61. The summed E-state index contributed by atoms with van der Waals surface area (Å²) in [6.07, 6.45) is 0. The van der Waals surface area contributed by atoms with Crippen molar-refractivity contribution >= 4 is 15.7 Å². The molecule has 0 atom stereocenters. The summed E-state index contributed by atoms with van der Waals surface area (Å²) in [4.78, 5) is 0.0349. The molecule has 6 heteroatoms. The number of halogens is 2. The standard InChI is InChI=1S/C15H15F2NO2S/c1-10-7-8-11(2)14(9-10)21(19,20)18(3)15-12(16)5-4-6-13(15)17/h4-9H,1-3H3. The molecule has 0 saturated carbocycles. The summed E-state index contributed by atoms with van der Waals surface area (Å²) in [5.74, 6) is -1.85. The second-order valence-electron chi connectivity index (χ2n) is 4.81. The monoisotopic (exact) mass is 311 g/mol. The Bertz CT molecular complexity index is 768. The first-order valence-electron chi connectivity index (χ1n) is 6.25. The molecule has 0 aliphatic heterocycles. The van der Waals surface area contributed by atoms with Crippen LogP contribution in [-0.4, -0.2) is 15.5 Å². The Morgan fingerprint density at radius 3 is 2.14 bits per heavy atom. The molecule has 0 amide bonds. The third kappa shape index (κ3) is 2.76. The largest absolute Gasteiger partial charge is 0.264 e. The number of anilines is 1. The molecule has 0 bridgehead atoms. The molecule has 0 N–H and O–H groups in total. The van der Waals surface area contributed by atoms with Gasteiger partial charge in [0, 0.05) is 7.05 Å². The van der Waals surface area contributed by atoms with Gasteiger partial charge in [0.25, 0.3) is 10.0 Å². The van der Waals surface area contributed by atoms with Crippen LogP contribution in [0.5, 0.6) is 0 Å². The second kappa shape index (κ2) is 5.44. The lowest BCUT2D eigenvalue weighted by molar-refractivity contribution is 0.571. The molecular formula is C15H15F2NO2S. The molecule has 0 spiro atoms. The van der Waals surface area contributed by atoms with Gasteiger partial charge in [-0.3, -0.25) is 4.31 Å². The van der Waals surface area contributed by atoms with Crippen molar-refractivity contribution in [3.63, 3.8) is 0 Å². The van der Waals surface area contributed by atoms with E-state index in [4.69, 9.17) is 0 Å². The number of rotatable bonds is 3. The van der Waals surface area contributed by atoms with Crippen molar-refractivity contribution in [2.45, 2.75) is 18.7 Å². The summed E-state index contributed by atoms with van der Waals surface area (Å²) < 4.78 is 53.4. The lowest BCUT2D eigenvalue weighted by Gasteiger charge is -2.21. The lowest BCUT2D eigenvalue weighted by atomic mass is 10.2. The van der Waals surface area contributed by atoms with Gasteiger partial charge in [0.1, 0.15) is 5.69 Å². The molecule has 0 radical (unpaired) electrons. The Kier molecular flexibility index (Phi) is 4.00. The van der Waals surface area contributed by atoms with E-state index in [9.17, 15) is 17.2 Å². The van der Waals surface area contributed by atoms with Crippen molar-refractivity contribution in [2.75, 3.05) is 11.4 Å². The summed E-state index contributed by atoms with van der Waals surface area (Å²) in [5, 5.41) is 0. The van der Waals surface area contributed by atoms with Gasteiger partial charge in [-0.2, -0.15) is 0 Å². The fourth-order valence-corrected chi connectivity index (χ4v) is 3.56. The molecule has 112 valence electrons. The first-order valence-corrected chi connectivity index (χ1v) is 7.69. The molecule has 0 fully saturated rings. The van der Waals surface area contributed by atoms with E-state index < -0.39 is 27.3 Å². The topological polar surface area (TPSA) is 37.4 Å². The van der Waals surface area contributed by atoms with E-state index in [-0.39, 0.29) is 4.90 Å². The molecule has 21 heavy (non-hydrogen) atoms. The van der Waals surface area contributed by atoms with Crippen LogP contribution in [0.3, 0.4) is 0 Å². The molecule has 0 unspecified atom stereocenters. The maximum absolute atomic E-state index is 13.8. The van der Waals surface area contributed by atoms with E-state index in [0.29, 0.717) is 9.87 Å². The molecule has 0 aliphatic rings. The van der Waals surface area contributed by atoms with E-state index in [2.05, 4.69) is 0 Å². The van der Waals surface area contributed by atoms with Gasteiger partial charge in [0.15, 0.2) is 11.6 Å².